The molecule has 1 unspecified atom stereocenters. The van der Waals surface area contributed by atoms with Crippen LogP contribution in [0.25, 0.3) is 0 Å². The van der Waals surface area contributed by atoms with Crippen LogP contribution < -0.4 is 5.73 Å². The number of esters is 1. The molecule has 0 fully saturated rings. The molecule has 0 radical (unpaired) electrons. The molecule has 3 N–H and O–H groups in total. The van der Waals surface area contributed by atoms with Gasteiger partial charge in [0.1, 0.15) is 6.04 Å². The summed E-state index contributed by atoms with van der Waals surface area (Å²) in [5.41, 5.74) is 5.25. The van der Waals surface area contributed by atoms with Crippen LogP contribution in [0, 0.1) is 5.92 Å². The molecule has 13 heavy (non-hydrogen) atoms. The third-order valence-corrected chi connectivity index (χ3v) is 1.79. The summed E-state index contributed by atoms with van der Waals surface area (Å²) in [6, 6.07) is -0.895. The molecule has 0 aromatic heterocycles. The van der Waals surface area contributed by atoms with E-state index in [1.54, 1.807) is 0 Å². The average Bonchev–Trinajstić information content (AvgIpc) is 2.13. The lowest BCUT2D eigenvalue weighted by Crippen LogP contribution is -2.36. The van der Waals surface area contributed by atoms with Gasteiger partial charge in [-0.25, -0.2) is 0 Å². The first kappa shape index (κ1) is 12.4. The van der Waals surface area contributed by atoms with Crippen LogP contribution in [0.5, 0.6) is 0 Å². The Bertz CT molecular complexity index is 150. The van der Waals surface area contributed by atoms with E-state index in [-0.39, 0.29) is 6.61 Å². The summed E-state index contributed by atoms with van der Waals surface area (Å²) in [4.78, 5) is 11.0. The highest BCUT2D eigenvalue weighted by Crippen LogP contribution is 2.05. The van der Waals surface area contributed by atoms with Crippen LogP contribution in [0.15, 0.2) is 0 Å². The molecule has 0 saturated carbocycles. The highest BCUT2D eigenvalue weighted by atomic mass is 16.5. The smallest absolute Gasteiger partial charge is 0.325 e. The number of aliphatic hydroxyl groups is 1. The molecule has 2 atom stereocenters. The zero-order valence-electron chi connectivity index (χ0n) is 8.32. The molecule has 0 bridgehead atoms. The minimum atomic E-state index is -0.895. The molecule has 0 amide bonds. The van der Waals surface area contributed by atoms with Crippen molar-refractivity contribution in [3.8, 4) is 0 Å². The normalized spacial score (nSPS) is 15.1. The molecule has 78 valence electrons. The van der Waals surface area contributed by atoms with E-state index in [0.717, 1.165) is 12.8 Å². The van der Waals surface area contributed by atoms with Crippen molar-refractivity contribution in [1.29, 1.82) is 0 Å². The summed E-state index contributed by atoms with van der Waals surface area (Å²) >= 11 is 0. The Kier molecular flexibility index (Phi) is 6.54. The van der Waals surface area contributed by atoms with Gasteiger partial charge >= 0.3 is 5.97 Å². The van der Waals surface area contributed by atoms with Crippen LogP contribution in [0.4, 0.5) is 0 Å². The van der Waals surface area contributed by atoms with Crippen LogP contribution in [0.1, 0.15) is 26.7 Å². The summed E-state index contributed by atoms with van der Waals surface area (Å²) in [6.07, 6.45) is 2.10. The molecule has 0 aromatic rings. The molecule has 0 aromatic carbocycles. The van der Waals surface area contributed by atoms with Crippen LogP contribution in [0.3, 0.4) is 0 Å². The van der Waals surface area contributed by atoms with E-state index in [9.17, 15) is 4.79 Å². The Hall–Kier alpha value is -0.610. The highest BCUT2D eigenvalue weighted by Gasteiger charge is 2.14. The molecule has 0 spiro atoms. The molecular formula is C9H19NO3. The SMILES string of the molecule is CCCC(C)COC(=O)[C@@H](N)CO. The molecule has 4 heteroatoms. The number of rotatable bonds is 6. The van der Waals surface area contributed by atoms with Crippen molar-refractivity contribution in [3.05, 3.63) is 0 Å². The molecule has 0 saturated heterocycles. The summed E-state index contributed by atoms with van der Waals surface area (Å²) in [5.74, 6) is -0.162. The highest BCUT2D eigenvalue weighted by molar-refractivity contribution is 5.75. The zero-order valence-corrected chi connectivity index (χ0v) is 8.32. The second-order valence-corrected chi connectivity index (χ2v) is 3.31. The maximum Gasteiger partial charge on any atom is 0.325 e. The maximum absolute atomic E-state index is 11.0. The van der Waals surface area contributed by atoms with E-state index in [1.807, 2.05) is 6.92 Å². The fourth-order valence-electron chi connectivity index (χ4n) is 0.982. The Morgan fingerprint density at radius 3 is 2.69 bits per heavy atom. The Labute approximate surface area is 79.1 Å². The average molecular weight is 189 g/mol. The predicted octanol–water partition coefficient (Wildman–Crippen LogP) is 0.285. The van der Waals surface area contributed by atoms with Crippen molar-refractivity contribution in [3.63, 3.8) is 0 Å². The standard InChI is InChI=1S/C9H19NO3/c1-3-4-7(2)6-13-9(12)8(10)5-11/h7-8,11H,3-6,10H2,1-2H3/t7?,8-/m0/s1. The van der Waals surface area contributed by atoms with Crippen molar-refractivity contribution < 1.29 is 14.6 Å². The topological polar surface area (TPSA) is 72.5 Å². The minimum Gasteiger partial charge on any atom is -0.464 e. The number of carbonyl (C=O) groups excluding carboxylic acids is 1. The zero-order chi connectivity index (χ0) is 10.3. The van der Waals surface area contributed by atoms with Crippen molar-refractivity contribution in [1.82, 2.24) is 0 Å². The molecule has 4 nitrogen and oxygen atoms in total. The van der Waals surface area contributed by atoms with Crippen LogP contribution >= 0.6 is 0 Å². The van der Waals surface area contributed by atoms with E-state index in [2.05, 4.69) is 6.92 Å². The quantitative estimate of drug-likeness (QED) is 0.589. The van der Waals surface area contributed by atoms with Gasteiger partial charge in [0, 0.05) is 0 Å². The third-order valence-electron chi connectivity index (χ3n) is 1.79. The summed E-state index contributed by atoms with van der Waals surface area (Å²) in [6.45, 7) is 4.13. The van der Waals surface area contributed by atoms with Gasteiger partial charge in [0.25, 0.3) is 0 Å². The number of ether oxygens (including phenoxy) is 1. The molecule has 0 rings (SSSR count). The Balaban J connectivity index is 3.57. The minimum absolute atomic E-state index is 0.360. The monoisotopic (exact) mass is 189 g/mol. The lowest BCUT2D eigenvalue weighted by Gasteiger charge is -2.12. The number of hydrogen-bond acceptors (Lipinski definition) is 4. The summed E-state index contributed by atoms with van der Waals surface area (Å²) in [5, 5.41) is 8.55. The first-order chi connectivity index (χ1) is 6.11. The number of aliphatic hydroxyl groups excluding tert-OH is 1. The first-order valence-corrected chi connectivity index (χ1v) is 4.64. The van der Waals surface area contributed by atoms with Gasteiger partial charge in [0.2, 0.25) is 0 Å². The fourth-order valence-corrected chi connectivity index (χ4v) is 0.982. The van der Waals surface area contributed by atoms with Gasteiger partial charge in [0.05, 0.1) is 13.2 Å². The molecular weight excluding hydrogens is 170 g/mol. The predicted molar refractivity (Wildman–Crippen MR) is 50.1 cm³/mol. The van der Waals surface area contributed by atoms with E-state index < -0.39 is 12.0 Å². The van der Waals surface area contributed by atoms with Gasteiger partial charge in [-0.15, -0.1) is 0 Å². The van der Waals surface area contributed by atoms with Gasteiger partial charge in [-0.2, -0.15) is 0 Å². The molecule has 0 aliphatic heterocycles. The van der Waals surface area contributed by atoms with Gasteiger partial charge < -0.3 is 15.6 Å². The van der Waals surface area contributed by atoms with Crippen molar-refractivity contribution in [2.75, 3.05) is 13.2 Å². The van der Waals surface area contributed by atoms with Crippen molar-refractivity contribution >= 4 is 5.97 Å². The van der Waals surface area contributed by atoms with Crippen molar-refractivity contribution in [2.24, 2.45) is 11.7 Å². The summed E-state index contributed by atoms with van der Waals surface area (Å²) in [7, 11) is 0. The largest absolute Gasteiger partial charge is 0.464 e. The number of hydrogen-bond donors (Lipinski definition) is 2. The van der Waals surface area contributed by atoms with Gasteiger partial charge in [0.15, 0.2) is 0 Å². The Morgan fingerprint density at radius 1 is 1.62 bits per heavy atom. The number of carbonyl (C=O) groups is 1. The van der Waals surface area contributed by atoms with E-state index in [0.29, 0.717) is 12.5 Å². The molecule has 0 aliphatic rings. The van der Waals surface area contributed by atoms with Crippen molar-refractivity contribution in [2.45, 2.75) is 32.7 Å². The second kappa shape index (κ2) is 6.86. The van der Waals surface area contributed by atoms with Gasteiger partial charge in [-0.3, -0.25) is 4.79 Å². The first-order valence-electron chi connectivity index (χ1n) is 4.64. The second-order valence-electron chi connectivity index (χ2n) is 3.31. The third kappa shape index (κ3) is 5.60. The maximum atomic E-state index is 11.0. The lowest BCUT2D eigenvalue weighted by atomic mass is 10.1. The van der Waals surface area contributed by atoms with Crippen LogP contribution in [-0.2, 0) is 9.53 Å². The van der Waals surface area contributed by atoms with E-state index in [4.69, 9.17) is 15.6 Å². The molecule has 0 heterocycles. The van der Waals surface area contributed by atoms with E-state index >= 15 is 0 Å². The Morgan fingerprint density at radius 2 is 2.23 bits per heavy atom. The van der Waals surface area contributed by atoms with Crippen LogP contribution in [0.2, 0.25) is 0 Å². The fraction of sp³-hybridized carbons (Fsp3) is 0.889. The van der Waals surface area contributed by atoms with Gasteiger partial charge in [-0.05, 0) is 12.3 Å². The van der Waals surface area contributed by atoms with Crippen LogP contribution in [-0.4, -0.2) is 30.3 Å². The van der Waals surface area contributed by atoms with Gasteiger partial charge in [-0.1, -0.05) is 20.3 Å². The number of nitrogens with two attached hydrogens (primary N) is 1. The molecule has 0 aliphatic carbocycles. The lowest BCUT2D eigenvalue weighted by molar-refractivity contribution is -0.147. The van der Waals surface area contributed by atoms with E-state index in [1.165, 1.54) is 0 Å². The summed E-state index contributed by atoms with van der Waals surface area (Å²) < 4.78 is 4.89.